The zero-order valence-corrected chi connectivity index (χ0v) is 6.36. The second-order valence-corrected chi connectivity index (χ2v) is 3.51. The molecular formula is C9H12O2. The van der Waals surface area contributed by atoms with E-state index in [1.807, 2.05) is 0 Å². The van der Waals surface area contributed by atoms with Gasteiger partial charge in [0.05, 0.1) is 0 Å². The third-order valence-electron chi connectivity index (χ3n) is 2.85. The number of hydrogen-bond donors (Lipinski definition) is 1. The van der Waals surface area contributed by atoms with Crippen LogP contribution in [0.15, 0.2) is 12.2 Å². The number of Topliss-reactive ketones (excluding diaryl/α,β-unsaturated/α-hetero) is 1. The summed E-state index contributed by atoms with van der Waals surface area (Å²) in [4.78, 5) is 11.1. The van der Waals surface area contributed by atoms with Crippen LogP contribution in [0.1, 0.15) is 12.8 Å². The van der Waals surface area contributed by atoms with Crippen molar-refractivity contribution in [1.29, 1.82) is 0 Å². The first kappa shape index (κ1) is 7.04. The minimum absolute atomic E-state index is 0.0295. The molecule has 0 aromatic heterocycles. The lowest BCUT2D eigenvalue weighted by Crippen LogP contribution is -2.21. The molecule has 0 aromatic carbocycles. The largest absolute Gasteiger partial charge is 0.389 e. The quantitative estimate of drug-likeness (QED) is 0.593. The highest BCUT2D eigenvalue weighted by Crippen LogP contribution is 2.43. The van der Waals surface area contributed by atoms with Gasteiger partial charge in [-0.1, -0.05) is 12.2 Å². The van der Waals surface area contributed by atoms with E-state index in [0.717, 1.165) is 12.8 Å². The maximum absolute atomic E-state index is 11.1. The maximum Gasteiger partial charge on any atom is 0.161 e. The third-order valence-corrected chi connectivity index (χ3v) is 2.85. The van der Waals surface area contributed by atoms with Gasteiger partial charge in [0.25, 0.3) is 0 Å². The van der Waals surface area contributed by atoms with Gasteiger partial charge in [-0.2, -0.15) is 0 Å². The summed E-state index contributed by atoms with van der Waals surface area (Å²) in [6, 6.07) is 0. The zero-order chi connectivity index (χ0) is 7.84. The second-order valence-electron chi connectivity index (χ2n) is 3.51. The van der Waals surface area contributed by atoms with Gasteiger partial charge in [0, 0.05) is 5.92 Å². The van der Waals surface area contributed by atoms with E-state index in [2.05, 4.69) is 12.2 Å². The minimum atomic E-state index is -0.276. The van der Waals surface area contributed by atoms with Crippen molar-refractivity contribution in [3.05, 3.63) is 12.2 Å². The Morgan fingerprint density at radius 1 is 1.45 bits per heavy atom. The molecule has 2 nitrogen and oxygen atoms in total. The van der Waals surface area contributed by atoms with E-state index in [-0.39, 0.29) is 18.3 Å². The maximum atomic E-state index is 11.1. The van der Waals surface area contributed by atoms with Gasteiger partial charge in [-0.15, -0.1) is 0 Å². The number of carbonyl (C=O) groups is 1. The van der Waals surface area contributed by atoms with Gasteiger partial charge >= 0.3 is 0 Å². The molecule has 0 aliphatic heterocycles. The molecule has 0 amide bonds. The van der Waals surface area contributed by atoms with E-state index < -0.39 is 0 Å². The van der Waals surface area contributed by atoms with Crippen molar-refractivity contribution in [3.8, 4) is 0 Å². The molecule has 0 spiro atoms. The van der Waals surface area contributed by atoms with Gasteiger partial charge in [-0.3, -0.25) is 4.79 Å². The molecule has 1 N–H and O–H groups in total. The average molecular weight is 152 g/mol. The standard InChI is InChI=1S/C9H12O2/c10-5-9(11)8-4-6-1-2-7(8)3-6/h1-2,6-8,10H,3-5H2/t6-,7+,8-/m0/s1. The minimum Gasteiger partial charge on any atom is -0.389 e. The van der Waals surface area contributed by atoms with Crippen LogP contribution in [0.3, 0.4) is 0 Å². The predicted octanol–water partition coefficient (Wildman–Crippen LogP) is 0.760. The zero-order valence-electron chi connectivity index (χ0n) is 6.36. The molecule has 1 saturated carbocycles. The lowest BCUT2D eigenvalue weighted by Gasteiger charge is -2.14. The predicted molar refractivity (Wildman–Crippen MR) is 40.9 cm³/mol. The molecule has 0 heterocycles. The van der Waals surface area contributed by atoms with Crippen LogP contribution >= 0.6 is 0 Å². The van der Waals surface area contributed by atoms with Gasteiger partial charge in [-0.05, 0) is 24.7 Å². The van der Waals surface area contributed by atoms with E-state index in [4.69, 9.17) is 5.11 Å². The Morgan fingerprint density at radius 3 is 2.73 bits per heavy atom. The number of hydrogen-bond acceptors (Lipinski definition) is 2. The lowest BCUT2D eigenvalue weighted by molar-refractivity contribution is -0.126. The van der Waals surface area contributed by atoms with Gasteiger partial charge < -0.3 is 5.11 Å². The molecule has 0 radical (unpaired) electrons. The van der Waals surface area contributed by atoms with Gasteiger partial charge in [0.15, 0.2) is 5.78 Å². The molecule has 2 rings (SSSR count). The highest BCUT2D eigenvalue weighted by atomic mass is 16.3. The first-order valence-corrected chi connectivity index (χ1v) is 4.13. The van der Waals surface area contributed by atoms with Crippen molar-refractivity contribution in [1.82, 2.24) is 0 Å². The van der Waals surface area contributed by atoms with E-state index in [9.17, 15) is 4.79 Å². The number of aliphatic hydroxyl groups excluding tert-OH is 1. The summed E-state index contributed by atoms with van der Waals surface area (Å²) < 4.78 is 0. The van der Waals surface area contributed by atoms with Gasteiger partial charge in [-0.25, -0.2) is 0 Å². The molecule has 0 unspecified atom stereocenters. The molecule has 2 aliphatic rings. The van der Waals surface area contributed by atoms with E-state index in [1.165, 1.54) is 0 Å². The Labute approximate surface area is 65.9 Å². The molecule has 60 valence electrons. The Balaban J connectivity index is 2.08. The van der Waals surface area contributed by atoms with Crippen LogP contribution in [0.25, 0.3) is 0 Å². The fourth-order valence-corrected chi connectivity index (χ4v) is 2.27. The Hall–Kier alpha value is -0.630. The van der Waals surface area contributed by atoms with Crippen LogP contribution in [0.5, 0.6) is 0 Å². The van der Waals surface area contributed by atoms with Gasteiger partial charge in [0.2, 0.25) is 0 Å². The van der Waals surface area contributed by atoms with Crippen LogP contribution in [-0.4, -0.2) is 17.5 Å². The summed E-state index contributed by atoms with van der Waals surface area (Å²) in [6.45, 7) is -0.276. The molecule has 2 aliphatic carbocycles. The fraction of sp³-hybridized carbons (Fsp3) is 0.667. The Morgan fingerprint density at radius 2 is 2.27 bits per heavy atom. The van der Waals surface area contributed by atoms with Crippen molar-refractivity contribution < 1.29 is 9.90 Å². The number of allylic oxidation sites excluding steroid dienone is 2. The molecule has 11 heavy (non-hydrogen) atoms. The first-order chi connectivity index (χ1) is 5.31. The number of rotatable bonds is 2. The summed E-state index contributed by atoms with van der Waals surface area (Å²) in [5.74, 6) is 1.23. The van der Waals surface area contributed by atoms with E-state index in [1.54, 1.807) is 0 Å². The highest BCUT2D eigenvalue weighted by Gasteiger charge is 2.38. The molecule has 1 fully saturated rings. The smallest absolute Gasteiger partial charge is 0.161 e. The summed E-state index contributed by atoms with van der Waals surface area (Å²) >= 11 is 0. The van der Waals surface area contributed by atoms with Crippen LogP contribution in [0.2, 0.25) is 0 Å². The van der Waals surface area contributed by atoms with Crippen LogP contribution in [0, 0.1) is 17.8 Å². The summed E-state index contributed by atoms with van der Waals surface area (Å²) in [5, 5.41) is 8.65. The van der Waals surface area contributed by atoms with Crippen LogP contribution in [0.4, 0.5) is 0 Å². The fourth-order valence-electron chi connectivity index (χ4n) is 2.27. The summed E-state index contributed by atoms with van der Waals surface area (Å²) in [7, 11) is 0. The topological polar surface area (TPSA) is 37.3 Å². The van der Waals surface area contributed by atoms with Crippen molar-refractivity contribution >= 4 is 5.78 Å². The molecule has 0 saturated heterocycles. The Kier molecular flexibility index (Phi) is 1.57. The normalized spacial score (nSPS) is 39.9. The Bertz CT molecular complexity index is 208. The molecule has 0 aromatic rings. The molecule has 2 bridgehead atoms. The van der Waals surface area contributed by atoms with Crippen molar-refractivity contribution in [3.63, 3.8) is 0 Å². The monoisotopic (exact) mass is 152 g/mol. The van der Waals surface area contributed by atoms with E-state index in [0.29, 0.717) is 11.8 Å². The van der Waals surface area contributed by atoms with Crippen LogP contribution < -0.4 is 0 Å². The summed E-state index contributed by atoms with van der Waals surface area (Å²) in [6.07, 6.45) is 6.44. The first-order valence-electron chi connectivity index (χ1n) is 4.13. The number of ketones is 1. The van der Waals surface area contributed by atoms with Gasteiger partial charge in [0.1, 0.15) is 6.61 Å². The van der Waals surface area contributed by atoms with Crippen molar-refractivity contribution in [2.75, 3.05) is 6.61 Å². The highest BCUT2D eigenvalue weighted by molar-refractivity contribution is 5.83. The van der Waals surface area contributed by atoms with E-state index >= 15 is 0 Å². The summed E-state index contributed by atoms with van der Waals surface area (Å²) in [5.41, 5.74) is 0. The lowest BCUT2D eigenvalue weighted by atomic mass is 9.90. The molecule has 2 heteroatoms. The number of fused-ring (bicyclic) bond motifs is 2. The average Bonchev–Trinajstić information content (AvgIpc) is 2.62. The van der Waals surface area contributed by atoms with Crippen LogP contribution in [-0.2, 0) is 4.79 Å². The van der Waals surface area contributed by atoms with Crippen molar-refractivity contribution in [2.24, 2.45) is 17.8 Å². The van der Waals surface area contributed by atoms with Crippen molar-refractivity contribution in [2.45, 2.75) is 12.8 Å². The SMILES string of the molecule is O=C(CO)[C@H]1C[C@H]2C=C[C@@H]1C2. The molecule has 3 atom stereocenters. The molecular weight excluding hydrogens is 140 g/mol. The second kappa shape index (κ2) is 2.45. The number of carbonyl (C=O) groups excluding carboxylic acids is 1. The number of aliphatic hydroxyl groups is 1. The third kappa shape index (κ3) is 1.02.